The molecule has 0 aromatic heterocycles. The summed E-state index contributed by atoms with van der Waals surface area (Å²) in [6.45, 7) is 0.183. The number of aliphatic hydroxyl groups excluding tert-OH is 1. The summed E-state index contributed by atoms with van der Waals surface area (Å²) in [5.41, 5.74) is 0.668. The number of hydrogen-bond acceptors (Lipinski definition) is 2. The number of fused-ring (bicyclic) bond motifs is 2. The normalized spacial score (nSPS) is 32.5. The Morgan fingerprint density at radius 2 is 2.05 bits per heavy atom. The highest BCUT2D eigenvalue weighted by atomic mass is 79.9. The number of benzene rings is 1. The molecule has 1 aromatic rings. The monoisotopic (exact) mass is 323 g/mol. The average molecular weight is 324 g/mol. The van der Waals surface area contributed by atoms with Crippen LogP contribution < -0.4 is 5.32 Å². The maximum atomic E-state index is 12.3. The third kappa shape index (κ3) is 2.32. The fourth-order valence-electron chi connectivity index (χ4n) is 3.77. The van der Waals surface area contributed by atoms with Gasteiger partial charge in [0.1, 0.15) is 0 Å². The molecule has 2 fully saturated rings. The molecule has 2 aliphatic rings. The lowest BCUT2D eigenvalue weighted by molar-refractivity contribution is 0.0861. The standard InChI is InChI=1S/C15H18BrNO2/c16-13-4-2-1-3-11(13)15(19)17-14-10-6-5-9(7-10)12(14)8-18/h1-4,9-10,12,14,18H,5-8H2,(H,17,19). The summed E-state index contributed by atoms with van der Waals surface area (Å²) in [6, 6.07) is 7.60. The van der Waals surface area contributed by atoms with Gasteiger partial charge >= 0.3 is 0 Å². The van der Waals surface area contributed by atoms with E-state index in [9.17, 15) is 9.90 Å². The summed E-state index contributed by atoms with van der Waals surface area (Å²) in [5.74, 6) is 1.35. The molecular weight excluding hydrogens is 306 g/mol. The summed E-state index contributed by atoms with van der Waals surface area (Å²) in [6.07, 6.45) is 3.55. The van der Waals surface area contributed by atoms with Gasteiger partial charge in [0, 0.05) is 23.0 Å². The van der Waals surface area contributed by atoms with Crippen LogP contribution in [0.15, 0.2) is 28.7 Å². The van der Waals surface area contributed by atoms with Crippen LogP contribution in [0.5, 0.6) is 0 Å². The molecule has 2 N–H and O–H groups in total. The second kappa shape index (κ2) is 5.25. The zero-order valence-electron chi connectivity index (χ0n) is 10.7. The van der Waals surface area contributed by atoms with Gasteiger partial charge in [0.05, 0.1) is 5.56 Å². The van der Waals surface area contributed by atoms with E-state index in [2.05, 4.69) is 21.2 Å². The van der Waals surface area contributed by atoms with E-state index in [4.69, 9.17) is 0 Å². The molecule has 19 heavy (non-hydrogen) atoms. The van der Waals surface area contributed by atoms with Gasteiger partial charge in [-0.1, -0.05) is 12.1 Å². The molecule has 0 saturated heterocycles. The topological polar surface area (TPSA) is 49.3 Å². The van der Waals surface area contributed by atoms with Gasteiger partial charge in [-0.15, -0.1) is 0 Å². The van der Waals surface area contributed by atoms with E-state index in [1.165, 1.54) is 12.8 Å². The molecule has 3 rings (SSSR count). The third-order valence-corrected chi connectivity index (χ3v) is 5.41. The molecule has 2 bridgehead atoms. The van der Waals surface area contributed by atoms with Crippen LogP contribution in [0.1, 0.15) is 29.6 Å². The van der Waals surface area contributed by atoms with Crippen LogP contribution in [0.3, 0.4) is 0 Å². The lowest BCUT2D eigenvalue weighted by Crippen LogP contribution is -2.45. The van der Waals surface area contributed by atoms with Crippen LogP contribution in [0.25, 0.3) is 0 Å². The fourth-order valence-corrected chi connectivity index (χ4v) is 4.24. The molecule has 1 aromatic carbocycles. The van der Waals surface area contributed by atoms with E-state index in [1.807, 2.05) is 24.3 Å². The Morgan fingerprint density at radius 1 is 1.32 bits per heavy atom. The summed E-state index contributed by atoms with van der Waals surface area (Å²) in [4.78, 5) is 12.3. The van der Waals surface area contributed by atoms with Crippen LogP contribution >= 0.6 is 15.9 Å². The van der Waals surface area contributed by atoms with Crippen molar-refractivity contribution in [3.8, 4) is 0 Å². The van der Waals surface area contributed by atoms with Crippen LogP contribution in [0, 0.1) is 17.8 Å². The molecule has 0 heterocycles. The molecule has 102 valence electrons. The van der Waals surface area contributed by atoms with Crippen molar-refractivity contribution in [3.63, 3.8) is 0 Å². The van der Waals surface area contributed by atoms with Crippen molar-refractivity contribution >= 4 is 21.8 Å². The van der Waals surface area contributed by atoms with Crippen LogP contribution in [-0.2, 0) is 0 Å². The van der Waals surface area contributed by atoms with Gasteiger partial charge in [-0.05, 0) is 59.2 Å². The molecule has 2 saturated carbocycles. The third-order valence-electron chi connectivity index (χ3n) is 4.72. The van der Waals surface area contributed by atoms with Crippen LogP contribution in [0.4, 0.5) is 0 Å². The minimum atomic E-state index is -0.0384. The molecule has 0 spiro atoms. The van der Waals surface area contributed by atoms with E-state index in [0.29, 0.717) is 17.4 Å². The Balaban J connectivity index is 1.75. The Kier molecular flexibility index (Phi) is 3.63. The van der Waals surface area contributed by atoms with Crippen molar-refractivity contribution in [2.75, 3.05) is 6.61 Å². The van der Waals surface area contributed by atoms with Crippen molar-refractivity contribution in [1.29, 1.82) is 0 Å². The SMILES string of the molecule is O=C(NC1C2CCC(C2)C1CO)c1ccccc1Br. The number of hydrogen-bond donors (Lipinski definition) is 2. The highest BCUT2D eigenvalue weighted by Crippen LogP contribution is 2.48. The fraction of sp³-hybridized carbons (Fsp3) is 0.533. The molecule has 2 aliphatic carbocycles. The summed E-state index contributed by atoms with van der Waals surface area (Å²) >= 11 is 3.41. The van der Waals surface area contributed by atoms with Gasteiger partial charge in [0.25, 0.3) is 5.91 Å². The summed E-state index contributed by atoms with van der Waals surface area (Å²) in [5, 5.41) is 12.7. The summed E-state index contributed by atoms with van der Waals surface area (Å²) in [7, 11) is 0. The van der Waals surface area contributed by atoms with Crippen molar-refractivity contribution in [3.05, 3.63) is 34.3 Å². The van der Waals surface area contributed by atoms with Crippen molar-refractivity contribution < 1.29 is 9.90 Å². The second-order valence-electron chi connectivity index (χ2n) is 5.66. The predicted octanol–water partition coefficient (Wildman–Crippen LogP) is 2.59. The minimum Gasteiger partial charge on any atom is -0.396 e. The van der Waals surface area contributed by atoms with E-state index in [-0.39, 0.29) is 24.5 Å². The smallest absolute Gasteiger partial charge is 0.252 e. The molecule has 0 aliphatic heterocycles. The first-order valence-electron chi connectivity index (χ1n) is 6.87. The molecule has 4 unspecified atom stereocenters. The molecule has 3 nitrogen and oxygen atoms in total. The van der Waals surface area contributed by atoms with Crippen molar-refractivity contribution in [2.24, 2.45) is 17.8 Å². The zero-order valence-corrected chi connectivity index (χ0v) is 12.3. The lowest BCUT2D eigenvalue weighted by atomic mass is 9.85. The second-order valence-corrected chi connectivity index (χ2v) is 6.51. The number of carbonyl (C=O) groups excluding carboxylic acids is 1. The maximum absolute atomic E-state index is 12.3. The predicted molar refractivity (Wildman–Crippen MR) is 76.8 cm³/mol. The van der Waals surface area contributed by atoms with Crippen LogP contribution in [0.2, 0.25) is 0 Å². The van der Waals surface area contributed by atoms with Crippen molar-refractivity contribution in [2.45, 2.75) is 25.3 Å². The van der Waals surface area contributed by atoms with E-state index >= 15 is 0 Å². The Hall–Kier alpha value is -0.870. The van der Waals surface area contributed by atoms with E-state index < -0.39 is 0 Å². The Bertz CT molecular complexity index is 491. The molecule has 4 heteroatoms. The largest absolute Gasteiger partial charge is 0.396 e. The number of nitrogens with one attached hydrogen (secondary N) is 1. The highest BCUT2D eigenvalue weighted by Gasteiger charge is 2.47. The molecule has 0 radical (unpaired) electrons. The van der Waals surface area contributed by atoms with Gasteiger partial charge in [0.15, 0.2) is 0 Å². The van der Waals surface area contributed by atoms with Gasteiger partial charge in [-0.2, -0.15) is 0 Å². The first kappa shape index (κ1) is 13.1. The first-order valence-corrected chi connectivity index (χ1v) is 7.66. The zero-order chi connectivity index (χ0) is 13.4. The number of aliphatic hydroxyl groups is 1. The maximum Gasteiger partial charge on any atom is 0.252 e. The Labute approximate surface area is 121 Å². The number of amides is 1. The van der Waals surface area contributed by atoms with Gasteiger partial charge in [-0.3, -0.25) is 4.79 Å². The van der Waals surface area contributed by atoms with Gasteiger partial charge in [-0.25, -0.2) is 0 Å². The van der Waals surface area contributed by atoms with Gasteiger partial charge in [0.2, 0.25) is 0 Å². The lowest BCUT2D eigenvalue weighted by Gasteiger charge is -2.30. The average Bonchev–Trinajstić information content (AvgIpc) is 3.00. The molecular formula is C15H18BrNO2. The van der Waals surface area contributed by atoms with Gasteiger partial charge < -0.3 is 10.4 Å². The number of halogens is 1. The quantitative estimate of drug-likeness (QED) is 0.898. The first-order chi connectivity index (χ1) is 9.20. The molecule has 1 amide bonds. The van der Waals surface area contributed by atoms with E-state index in [1.54, 1.807) is 0 Å². The van der Waals surface area contributed by atoms with Crippen LogP contribution in [-0.4, -0.2) is 23.7 Å². The highest BCUT2D eigenvalue weighted by molar-refractivity contribution is 9.10. The molecule has 4 atom stereocenters. The van der Waals surface area contributed by atoms with Crippen molar-refractivity contribution in [1.82, 2.24) is 5.32 Å². The number of carbonyl (C=O) groups is 1. The Morgan fingerprint density at radius 3 is 2.79 bits per heavy atom. The summed E-state index contributed by atoms with van der Waals surface area (Å²) < 4.78 is 0.816. The number of rotatable bonds is 3. The van der Waals surface area contributed by atoms with E-state index in [0.717, 1.165) is 10.9 Å². The minimum absolute atomic E-state index is 0.0384.